The first-order valence-electron chi connectivity index (χ1n) is 5.40. The number of hydrogen-bond donors (Lipinski definition) is 3. The number of nitrogens with one attached hydrogen (secondary N) is 3. The monoisotopic (exact) mass is 249 g/mol. The van der Waals surface area contributed by atoms with Crippen molar-refractivity contribution in [2.45, 2.75) is 31.6 Å². The number of rotatable bonds is 5. The molecule has 0 bridgehead atoms. The molecule has 0 aromatic rings. The Morgan fingerprint density at radius 1 is 1.50 bits per heavy atom. The van der Waals surface area contributed by atoms with Crippen LogP contribution >= 0.6 is 0 Å². The molecule has 16 heavy (non-hydrogen) atoms. The van der Waals surface area contributed by atoms with Crippen molar-refractivity contribution in [1.82, 2.24) is 15.4 Å². The lowest BCUT2D eigenvalue weighted by molar-refractivity contribution is -0.120. The maximum atomic E-state index is 11.7. The second-order valence-electron chi connectivity index (χ2n) is 4.20. The highest BCUT2D eigenvalue weighted by molar-refractivity contribution is 7.90. The maximum absolute atomic E-state index is 11.7. The maximum Gasteiger partial charge on any atom is 0.235 e. The fraction of sp³-hybridized carbons (Fsp3) is 0.889. The molecule has 1 atom stereocenters. The highest BCUT2D eigenvalue weighted by Crippen LogP contribution is 2.07. The van der Waals surface area contributed by atoms with E-state index in [2.05, 4.69) is 15.4 Å². The van der Waals surface area contributed by atoms with Gasteiger partial charge in [-0.05, 0) is 26.8 Å². The molecule has 0 aromatic heterocycles. The summed E-state index contributed by atoms with van der Waals surface area (Å²) in [6.45, 7) is 4.64. The van der Waals surface area contributed by atoms with Gasteiger partial charge in [0.15, 0.2) is 0 Å². The predicted molar refractivity (Wildman–Crippen MR) is 61.5 cm³/mol. The van der Waals surface area contributed by atoms with Gasteiger partial charge in [0.1, 0.15) is 0 Å². The minimum atomic E-state index is -3.36. The van der Waals surface area contributed by atoms with Gasteiger partial charge in [0.05, 0.1) is 11.8 Å². The normalized spacial score (nSPS) is 21.3. The first-order valence-corrected chi connectivity index (χ1v) is 6.95. The van der Waals surface area contributed by atoms with Crippen LogP contribution in [0.4, 0.5) is 0 Å². The summed E-state index contributed by atoms with van der Waals surface area (Å²) < 4.78 is 25.7. The molecule has 1 fully saturated rings. The number of carbonyl (C=O) groups excluding carboxylic acids is 1. The Kier molecular flexibility index (Phi) is 4.69. The van der Waals surface area contributed by atoms with Gasteiger partial charge in [0.2, 0.25) is 15.9 Å². The standard InChI is InChI=1S/C9H19N3O3S/c1-7(2)12-9(13)6-11-16(14,15)8-3-4-10-5-8/h7-8,10-11H,3-6H2,1-2H3,(H,12,13). The van der Waals surface area contributed by atoms with Gasteiger partial charge in [-0.15, -0.1) is 0 Å². The number of amides is 1. The summed E-state index contributed by atoms with van der Waals surface area (Å²) in [5, 5.41) is 5.19. The van der Waals surface area contributed by atoms with Crippen molar-refractivity contribution < 1.29 is 13.2 Å². The average molecular weight is 249 g/mol. The van der Waals surface area contributed by atoms with Gasteiger partial charge < -0.3 is 10.6 Å². The molecule has 1 unspecified atom stereocenters. The molecule has 1 saturated heterocycles. The molecule has 1 aliphatic rings. The van der Waals surface area contributed by atoms with E-state index in [1.54, 1.807) is 0 Å². The van der Waals surface area contributed by atoms with Gasteiger partial charge in [-0.1, -0.05) is 0 Å². The van der Waals surface area contributed by atoms with Crippen LogP contribution in [0, 0.1) is 0 Å². The Balaban J connectivity index is 2.38. The minimum absolute atomic E-state index is 0.0187. The van der Waals surface area contributed by atoms with E-state index in [0.717, 1.165) is 0 Å². The Hall–Kier alpha value is -0.660. The molecule has 1 aliphatic heterocycles. The van der Waals surface area contributed by atoms with Crippen LogP contribution in [0.5, 0.6) is 0 Å². The van der Waals surface area contributed by atoms with E-state index in [9.17, 15) is 13.2 Å². The second kappa shape index (κ2) is 5.60. The SMILES string of the molecule is CC(C)NC(=O)CNS(=O)(=O)C1CCNC1. The summed E-state index contributed by atoms with van der Waals surface area (Å²) in [7, 11) is -3.36. The summed E-state index contributed by atoms with van der Waals surface area (Å²) >= 11 is 0. The zero-order valence-electron chi connectivity index (χ0n) is 9.62. The van der Waals surface area contributed by atoms with Gasteiger partial charge in [0, 0.05) is 12.6 Å². The lowest BCUT2D eigenvalue weighted by Crippen LogP contribution is -2.43. The zero-order valence-corrected chi connectivity index (χ0v) is 10.4. The van der Waals surface area contributed by atoms with Crippen molar-refractivity contribution in [3.63, 3.8) is 0 Å². The highest BCUT2D eigenvalue weighted by Gasteiger charge is 2.28. The molecule has 1 rings (SSSR count). The van der Waals surface area contributed by atoms with E-state index >= 15 is 0 Å². The summed E-state index contributed by atoms with van der Waals surface area (Å²) in [6, 6.07) is 0.0187. The van der Waals surface area contributed by atoms with E-state index < -0.39 is 15.3 Å². The summed E-state index contributed by atoms with van der Waals surface area (Å²) in [5.41, 5.74) is 0. The third-order valence-electron chi connectivity index (χ3n) is 2.34. The van der Waals surface area contributed by atoms with Crippen molar-refractivity contribution in [3.8, 4) is 0 Å². The minimum Gasteiger partial charge on any atom is -0.353 e. The van der Waals surface area contributed by atoms with E-state index in [1.165, 1.54) is 0 Å². The van der Waals surface area contributed by atoms with Crippen LogP contribution in [0.15, 0.2) is 0 Å². The molecular formula is C9H19N3O3S. The molecule has 0 saturated carbocycles. The average Bonchev–Trinajstić information content (AvgIpc) is 2.67. The van der Waals surface area contributed by atoms with E-state index in [-0.39, 0.29) is 18.5 Å². The Morgan fingerprint density at radius 3 is 2.69 bits per heavy atom. The van der Waals surface area contributed by atoms with E-state index in [0.29, 0.717) is 19.5 Å². The largest absolute Gasteiger partial charge is 0.353 e. The summed E-state index contributed by atoms with van der Waals surface area (Å²) in [6.07, 6.45) is 0.598. The van der Waals surface area contributed by atoms with Crippen molar-refractivity contribution >= 4 is 15.9 Å². The van der Waals surface area contributed by atoms with Gasteiger partial charge in [0.25, 0.3) is 0 Å². The fourth-order valence-corrected chi connectivity index (χ4v) is 2.88. The molecule has 7 heteroatoms. The third kappa shape index (κ3) is 4.07. The van der Waals surface area contributed by atoms with E-state index in [4.69, 9.17) is 0 Å². The predicted octanol–water partition coefficient (Wildman–Crippen LogP) is -1.21. The van der Waals surface area contributed by atoms with Gasteiger partial charge in [-0.2, -0.15) is 0 Å². The molecule has 1 amide bonds. The van der Waals surface area contributed by atoms with Gasteiger partial charge in [-0.25, -0.2) is 13.1 Å². The molecule has 0 aliphatic carbocycles. The van der Waals surface area contributed by atoms with Crippen molar-refractivity contribution in [2.75, 3.05) is 19.6 Å². The zero-order chi connectivity index (χ0) is 12.2. The first kappa shape index (κ1) is 13.4. The number of carbonyl (C=O) groups is 1. The van der Waals surface area contributed by atoms with Crippen LogP contribution in [0.25, 0.3) is 0 Å². The Labute approximate surface area is 96.2 Å². The van der Waals surface area contributed by atoms with Crippen LogP contribution in [-0.2, 0) is 14.8 Å². The summed E-state index contributed by atoms with van der Waals surface area (Å²) in [5.74, 6) is -0.301. The molecule has 3 N–H and O–H groups in total. The number of hydrogen-bond acceptors (Lipinski definition) is 4. The van der Waals surface area contributed by atoms with Crippen molar-refractivity contribution in [1.29, 1.82) is 0 Å². The third-order valence-corrected chi connectivity index (χ3v) is 4.16. The van der Waals surface area contributed by atoms with Gasteiger partial charge in [-0.3, -0.25) is 4.79 Å². The second-order valence-corrected chi connectivity index (χ2v) is 6.25. The van der Waals surface area contributed by atoms with Crippen molar-refractivity contribution in [3.05, 3.63) is 0 Å². The Bertz CT molecular complexity index is 334. The number of sulfonamides is 1. The molecular weight excluding hydrogens is 230 g/mol. The van der Waals surface area contributed by atoms with Crippen molar-refractivity contribution in [2.24, 2.45) is 0 Å². The molecule has 6 nitrogen and oxygen atoms in total. The lowest BCUT2D eigenvalue weighted by atomic mass is 10.4. The van der Waals surface area contributed by atoms with Crippen LogP contribution in [-0.4, -0.2) is 45.3 Å². The first-order chi connectivity index (χ1) is 7.42. The molecule has 0 aromatic carbocycles. The summed E-state index contributed by atoms with van der Waals surface area (Å²) in [4.78, 5) is 11.3. The van der Waals surface area contributed by atoms with Crippen LogP contribution in [0.1, 0.15) is 20.3 Å². The molecule has 0 spiro atoms. The fourth-order valence-electron chi connectivity index (χ4n) is 1.55. The van der Waals surface area contributed by atoms with Crippen LogP contribution in [0.2, 0.25) is 0 Å². The topological polar surface area (TPSA) is 87.3 Å². The quantitative estimate of drug-likeness (QED) is 0.571. The Morgan fingerprint density at radius 2 is 2.19 bits per heavy atom. The lowest BCUT2D eigenvalue weighted by Gasteiger charge is -2.12. The van der Waals surface area contributed by atoms with Crippen LogP contribution < -0.4 is 15.4 Å². The smallest absolute Gasteiger partial charge is 0.235 e. The molecule has 1 heterocycles. The molecule has 0 radical (unpaired) electrons. The van der Waals surface area contributed by atoms with Crippen LogP contribution in [0.3, 0.4) is 0 Å². The van der Waals surface area contributed by atoms with Gasteiger partial charge >= 0.3 is 0 Å². The highest BCUT2D eigenvalue weighted by atomic mass is 32.2. The molecule has 94 valence electrons. The van der Waals surface area contributed by atoms with E-state index in [1.807, 2.05) is 13.8 Å².